The number of rotatable bonds is 1. The third kappa shape index (κ3) is 3.57. The Morgan fingerprint density at radius 1 is 1.56 bits per heavy atom. The minimum atomic E-state index is 0. The van der Waals surface area contributed by atoms with Crippen molar-refractivity contribution >= 4 is 42.1 Å². The predicted molar refractivity (Wildman–Crippen MR) is 79.0 cm³/mol. The Balaban J connectivity index is 0.00000144. The van der Waals surface area contributed by atoms with Gasteiger partial charge in [-0.2, -0.15) is 0 Å². The molecule has 7 heteroatoms. The first-order valence-electron chi connectivity index (χ1n) is 5.54. The van der Waals surface area contributed by atoms with Crippen molar-refractivity contribution in [2.24, 2.45) is 11.7 Å². The molecular weight excluding hydrogens is 293 g/mol. The van der Waals surface area contributed by atoms with Crippen molar-refractivity contribution in [1.82, 2.24) is 9.88 Å². The molecule has 18 heavy (non-hydrogen) atoms. The summed E-state index contributed by atoms with van der Waals surface area (Å²) in [6.07, 6.45) is 0.894. The normalized spacial score (nSPS) is 22.9. The lowest BCUT2D eigenvalue weighted by Gasteiger charge is -2.34. The van der Waals surface area contributed by atoms with Crippen LogP contribution in [-0.2, 0) is 0 Å². The van der Waals surface area contributed by atoms with Gasteiger partial charge < -0.3 is 10.6 Å². The van der Waals surface area contributed by atoms with Crippen LogP contribution in [0.1, 0.15) is 28.7 Å². The largest absolute Gasteiger partial charge is 0.338 e. The highest BCUT2D eigenvalue weighted by molar-refractivity contribution is 7.11. The van der Waals surface area contributed by atoms with E-state index in [1.165, 1.54) is 11.3 Å². The molecule has 1 aromatic rings. The molecule has 2 atom stereocenters. The van der Waals surface area contributed by atoms with E-state index in [0.29, 0.717) is 5.92 Å². The Bertz CT molecular complexity index is 399. The van der Waals surface area contributed by atoms with Crippen molar-refractivity contribution in [2.45, 2.75) is 26.3 Å². The second-order valence-electron chi connectivity index (χ2n) is 4.45. The van der Waals surface area contributed by atoms with Gasteiger partial charge in [0.2, 0.25) is 0 Å². The van der Waals surface area contributed by atoms with E-state index in [1.54, 1.807) is 5.51 Å². The molecule has 0 bridgehead atoms. The Kier molecular flexibility index (Phi) is 7.14. The van der Waals surface area contributed by atoms with Crippen molar-refractivity contribution < 1.29 is 4.79 Å². The number of likely N-dealkylation sites (tertiary alicyclic amines) is 1. The monoisotopic (exact) mass is 311 g/mol. The van der Waals surface area contributed by atoms with E-state index >= 15 is 0 Å². The van der Waals surface area contributed by atoms with E-state index in [9.17, 15) is 4.79 Å². The summed E-state index contributed by atoms with van der Waals surface area (Å²) in [4.78, 5) is 19.0. The number of piperidine rings is 1. The molecular formula is C11H19Cl2N3OS. The molecule has 0 radical (unpaired) electrons. The number of carbonyl (C=O) groups excluding carboxylic acids is 1. The predicted octanol–water partition coefficient (Wildman–Crippen LogP) is 2.10. The Morgan fingerprint density at radius 3 is 2.72 bits per heavy atom. The molecule has 2 N–H and O–H groups in total. The maximum Gasteiger partial charge on any atom is 0.265 e. The van der Waals surface area contributed by atoms with Crippen LogP contribution in [0.2, 0.25) is 0 Å². The second kappa shape index (κ2) is 7.28. The van der Waals surface area contributed by atoms with Gasteiger partial charge in [0.15, 0.2) is 0 Å². The van der Waals surface area contributed by atoms with Crippen LogP contribution in [0, 0.1) is 12.8 Å². The highest BCUT2D eigenvalue weighted by Crippen LogP contribution is 2.20. The van der Waals surface area contributed by atoms with Crippen LogP contribution in [0.4, 0.5) is 0 Å². The van der Waals surface area contributed by atoms with E-state index in [0.717, 1.165) is 30.1 Å². The number of halogens is 2. The van der Waals surface area contributed by atoms with Gasteiger partial charge in [0.05, 0.1) is 11.2 Å². The molecule has 104 valence electrons. The third-order valence-electron chi connectivity index (χ3n) is 3.20. The summed E-state index contributed by atoms with van der Waals surface area (Å²) in [5, 5.41) is 0. The van der Waals surface area contributed by atoms with Crippen molar-refractivity contribution in [3.63, 3.8) is 0 Å². The highest BCUT2D eigenvalue weighted by Gasteiger charge is 2.28. The van der Waals surface area contributed by atoms with E-state index < -0.39 is 0 Å². The average molecular weight is 312 g/mol. The SMILES string of the molecule is Cc1ncsc1C(=O)N1CCC(N)C(C)C1.Cl.Cl. The first-order chi connectivity index (χ1) is 7.59. The molecule has 0 spiro atoms. The van der Waals surface area contributed by atoms with Crippen molar-refractivity contribution in [1.29, 1.82) is 0 Å². The molecule has 1 saturated heterocycles. The summed E-state index contributed by atoms with van der Waals surface area (Å²) < 4.78 is 0. The zero-order chi connectivity index (χ0) is 11.7. The molecule has 2 heterocycles. The fraction of sp³-hybridized carbons (Fsp3) is 0.636. The van der Waals surface area contributed by atoms with Crippen LogP contribution in [-0.4, -0.2) is 34.9 Å². The molecule has 2 unspecified atom stereocenters. The van der Waals surface area contributed by atoms with Crippen LogP contribution in [0.3, 0.4) is 0 Å². The van der Waals surface area contributed by atoms with Gasteiger partial charge in [-0.3, -0.25) is 4.79 Å². The first kappa shape index (κ1) is 17.6. The zero-order valence-electron chi connectivity index (χ0n) is 10.5. The van der Waals surface area contributed by atoms with Gasteiger partial charge in [-0.15, -0.1) is 36.2 Å². The minimum Gasteiger partial charge on any atom is -0.338 e. The molecule has 1 fully saturated rings. The highest BCUT2D eigenvalue weighted by atomic mass is 35.5. The number of nitrogens with two attached hydrogens (primary N) is 1. The van der Waals surface area contributed by atoms with Gasteiger partial charge in [0.1, 0.15) is 4.88 Å². The number of aryl methyl sites for hydroxylation is 1. The van der Waals surface area contributed by atoms with Gasteiger partial charge in [-0.25, -0.2) is 4.98 Å². The fourth-order valence-electron chi connectivity index (χ4n) is 2.00. The summed E-state index contributed by atoms with van der Waals surface area (Å²) in [6, 6.07) is 0.228. The van der Waals surface area contributed by atoms with Crippen LogP contribution in [0.25, 0.3) is 0 Å². The number of aromatic nitrogens is 1. The number of thiazole rings is 1. The van der Waals surface area contributed by atoms with E-state index in [1.807, 2.05) is 11.8 Å². The van der Waals surface area contributed by atoms with Crippen LogP contribution < -0.4 is 5.73 Å². The number of hydrogen-bond donors (Lipinski definition) is 1. The molecule has 2 rings (SSSR count). The molecule has 1 aliphatic rings. The number of hydrogen-bond acceptors (Lipinski definition) is 4. The molecule has 0 saturated carbocycles. The molecule has 4 nitrogen and oxygen atoms in total. The number of carbonyl (C=O) groups is 1. The molecule has 0 aromatic carbocycles. The standard InChI is InChI=1S/C11H17N3OS.2ClH/c1-7-5-14(4-3-9(7)12)11(15)10-8(2)13-6-16-10;;/h6-7,9H,3-5,12H2,1-2H3;2*1H. The van der Waals surface area contributed by atoms with Crippen molar-refractivity contribution in [2.75, 3.05) is 13.1 Å². The lowest BCUT2D eigenvalue weighted by atomic mass is 9.95. The summed E-state index contributed by atoms with van der Waals surface area (Å²) in [5.74, 6) is 0.490. The van der Waals surface area contributed by atoms with Crippen LogP contribution in [0.5, 0.6) is 0 Å². The van der Waals surface area contributed by atoms with Gasteiger partial charge in [-0.05, 0) is 19.3 Å². The maximum atomic E-state index is 12.2. The number of nitrogens with zero attached hydrogens (tertiary/aromatic N) is 2. The van der Waals surface area contributed by atoms with Gasteiger partial charge in [0, 0.05) is 19.1 Å². The Morgan fingerprint density at radius 2 is 2.22 bits per heavy atom. The van der Waals surface area contributed by atoms with E-state index in [4.69, 9.17) is 5.73 Å². The van der Waals surface area contributed by atoms with Crippen LogP contribution in [0.15, 0.2) is 5.51 Å². The van der Waals surface area contributed by atoms with Gasteiger partial charge >= 0.3 is 0 Å². The van der Waals surface area contributed by atoms with Crippen LogP contribution >= 0.6 is 36.2 Å². The maximum absolute atomic E-state index is 12.2. The quantitative estimate of drug-likeness (QED) is 0.864. The summed E-state index contributed by atoms with van der Waals surface area (Å²) in [5.41, 5.74) is 8.50. The fourth-order valence-corrected chi connectivity index (χ4v) is 2.77. The zero-order valence-corrected chi connectivity index (χ0v) is 12.9. The second-order valence-corrected chi connectivity index (χ2v) is 5.30. The third-order valence-corrected chi connectivity index (χ3v) is 4.12. The Labute approximate surface area is 124 Å². The Hall–Kier alpha value is -0.360. The van der Waals surface area contributed by atoms with Gasteiger partial charge in [0.25, 0.3) is 5.91 Å². The summed E-state index contributed by atoms with van der Waals surface area (Å²) in [7, 11) is 0. The number of amides is 1. The minimum absolute atomic E-state index is 0. The van der Waals surface area contributed by atoms with Crippen molar-refractivity contribution in [3.8, 4) is 0 Å². The topological polar surface area (TPSA) is 59.2 Å². The lowest BCUT2D eigenvalue weighted by molar-refractivity contribution is 0.0668. The summed E-state index contributed by atoms with van der Waals surface area (Å²) >= 11 is 1.42. The average Bonchev–Trinajstić information content (AvgIpc) is 2.67. The lowest BCUT2D eigenvalue weighted by Crippen LogP contribution is -2.48. The summed E-state index contributed by atoms with van der Waals surface area (Å²) in [6.45, 7) is 5.51. The molecule has 1 amide bonds. The molecule has 1 aliphatic heterocycles. The molecule has 0 aliphatic carbocycles. The van der Waals surface area contributed by atoms with Gasteiger partial charge in [-0.1, -0.05) is 6.92 Å². The van der Waals surface area contributed by atoms with E-state index in [-0.39, 0.29) is 36.8 Å². The van der Waals surface area contributed by atoms with E-state index in [2.05, 4.69) is 11.9 Å². The smallest absolute Gasteiger partial charge is 0.265 e. The molecule has 1 aromatic heterocycles. The van der Waals surface area contributed by atoms with Crippen molar-refractivity contribution in [3.05, 3.63) is 16.1 Å². The first-order valence-corrected chi connectivity index (χ1v) is 6.42.